The molecule has 9 aromatic rings. The molecule has 0 fully saturated rings. The van der Waals surface area contributed by atoms with Crippen molar-refractivity contribution in [3.63, 3.8) is 0 Å². The van der Waals surface area contributed by atoms with Crippen molar-refractivity contribution in [2.75, 3.05) is 0 Å². The lowest BCUT2D eigenvalue weighted by Gasteiger charge is -2.09. The highest BCUT2D eigenvalue weighted by Gasteiger charge is 2.22. The third kappa shape index (κ3) is 2.90. The van der Waals surface area contributed by atoms with Crippen LogP contribution < -0.4 is 0 Å². The summed E-state index contributed by atoms with van der Waals surface area (Å²) in [6, 6.07) is 42.1. The second-order valence-corrected chi connectivity index (χ2v) is 10.2. The number of aromatic nitrogens is 3. The molecule has 40 heavy (non-hydrogen) atoms. The molecule has 0 amide bonds. The van der Waals surface area contributed by atoms with Crippen LogP contribution in [0.25, 0.3) is 82.5 Å². The first kappa shape index (κ1) is 21.5. The fraction of sp³-hybridized carbons (Fsp3) is 0. The van der Waals surface area contributed by atoms with Crippen LogP contribution in [0.15, 0.2) is 132 Å². The number of rotatable bonds is 2. The summed E-state index contributed by atoms with van der Waals surface area (Å²) in [6.45, 7) is 0. The van der Waals surface area contributed by atoms with E-state index in [1.54, 1.807) is 0 Å². The first-order chi connectivity index (χ1) is 19.8. The summed E-state index contributed by atoms with van der Waals surface area (Å²) in [4.78, 5) is 10.1. The maximum absolute atomic E-state index is 6.86. The van der Waals surface area contributed by atoms with Gasteiger partial charge >= 0.3 is 0 Å². The van der Waals surface area contributed by atoms with E-state index in [2.05, 4.69) is 102 Å². The van der Waals surface area contributed by atoms with E-state index < -0.39 is 0 Å². The van der Waals surface area contributed by atoms with Crippen LogP contribution in [0.3, 0.4) is 0 Å². The molecule has 0 radical (unpaired) electrons. The second kappa shape index (κ2) is 8.01. The van der Waals surface area contributed by atoms with Crippen LogP contribution in [0, 0.1) is 0 Å². The Morgan fingerprint density at radius 3 is 2.20 bits per heavy atom. The molecule has 0 spiro atoms. The third-order valence-corrected chi connectivity index (χ3v) is 8.03. The van der Waals surface area contributed by atoms with Crippen molar-refractivity contribution in [3.8, 4) is 17.1 Å². The predicted octanol–water partition coefficient (Wildman–Crippen LogP) is 9.45. The summed E-state index contributed by atoms with van der Waals surface area (Å²) in [5.74, 6) is 0.832. The van der Waals surface area contributed by atoms with Gasteiger partial charge in [-0.2, -0.15) is 0 Å². The van der Waals surface area contributed by atoms with Gasteiger partial charge in [-0.25, -0.2) is 4.98 Å². The highest BCUT2D eigenvalue weighted by molar-refractivity contribution is 6.24. The van der Waals surface area contributed by atoms with Crippen molar-refractivity contribution in [3.05, 3.63) is 128 Å². The van der Waals surface area contributed by atoms with Gasteiger partial charge in [0.25, 0.3) is 0 Å². The van der Waals surface area contributed by atoms with Crippen molar-refractivity contribution in [2.45, 2.75) is 0 Å². The van der Waals surface area contributed by atoms with Gasteiger partial charge in [-0.15, -0.1) is 0 Å². The highest BCUT2D eigenvalue weighted by Crippen LogP contribution is 2.42. The van der Waals surface area contributed by atoms with Crippen molar-refractivity contribution < 1.29 is 4.42 Å². The normalized spacial score (nSPS) is 12.0. The van der Waals surface area contributed by atoms with Gasteiger partial charge in [0, 0.05) is 27.2 Å². The van der Waals surface area contributed by atoms with E-state index in [1.807, 2.05) is 30.5 Å². The second-order valence-electron chi connectivity index (χ2n) is 10.2. The first-order valence-corrected chi connectivity index (χ1v) is 13.4. The molecule has 0 N–H and O–H groups in total. The molecule has 4 heteroatoms. The molecule has 0 saturated heterocycles. The van der Waals surface area contributed by atoms with E-state index in [1.165, 1.54) is 16.2 Å². The Hall–Kier alpha value is -5.48. The number of para-hydroxylation sites is 3. The minimum atomic E-state index is 0.832. The molecular formula is C36H21N3O. The molecule has 186 valence electrons. The molecule has 4 nitrogen and oxygen atoms in total. The molecule has 3 heterocycles. The Morgan fingerprint density at radius 2 is 1.27 bits per heavy atom. The fourth-order valence-corrected chi connectivity index (χ4v) is 6.21. The Kier molecular flexibility index (Phi) is 4.30. The monoisotopic (exact) mass is 511 g/mol. The quantitative estimate of drug-likeness (QED) is 0.217. The maximum atomic E-state index is 6.86. The number of imidazole rings is 1. The molecule has 0 aliphatic carbocycles. The predicted molar refractivity (Wildman–Crippen MR) is 164 cm³/mol. The number of benzene rings is 6. The van der Waals surface area contributed by atoms with Gasteiger partial charge in [0.05, 0.1) is 22.8 Å². The van der Waals surface area contributed by atoms with E-state index in [4.69, 9.17) is 14.4 Å². The van der Waals surface area contributed by atoms with E-state index in [0.29, 0.717) is 0 Å². The maximum Gasteiger partial charge on any atom is 0.149 e. The zero-order valence-electron chi connectivity index (χ0n) is 21.4. The molecular weight excluding hydrogens is 490 g/mol. The summed E-state index contributed by atoms with van der Waals surface area (Å²) in [6.07, 6.45) is 1.93. The van der Waals surface area contributed by atoms with Gasteiger partial charge in [-0.05, 0) is 46.5 Å². The summed E-state index contributed by atoms with van der Waals surface area (Å²) in [7, 11) is 0. The largest absolute Gasteiger partial charge is 0.455 e. The molecule has 0 aliphatic rings. The zero-order chi connectivity index (χ0) is 26.2. The Morgan fingerprint density at radius 1 is 0.550 bits per heavy atom. The lowest BCUT2D eigenvalue weighted by Crippen LogP contribution is -1.97. The SMILES string of the molecule is c1ccc(-n2c(-c3cccc4c3oc3c4ccc4ccc5ccccc5c43)nc3c4ccccc4ncc32)cc1. The van der Waals surface area contributed by atoms with E-state index in [-0.39, 0.29) is 0 Å². The Bertz CT molecular complexity index is 2430. The van der Waals surface area contributed by atoms with Gasteiger partial charge in [0.1, 0.15) is 22.5 Å². The van der Waals surface area contributed by atoms with Crippen LogP contribution in [0.4, 0.5) is 0 Å². The minimum absolute atomic E-state index is 0.832. The van der Waals surface area contributed by atoms with Crippen LogP contribution in [-0.4, -0.2) is 14.5 Å². The van der Waals surface area contributed by atoms with Crippen molar-refractivity contribution in [1.82, 2.24) is 14.5 Å². The van der Waals surface area contributed by atoms with Crippen LogP contribution >= 0.6 is 0 Å². The number of pyridine rings is 1. The summed E-state index contributed by atoms with van der Waals surface area (Å²) < 4.78 is 9.06. The van der Waals surface area contributed by atoms with E-state index >= 15 is 0 Å². The third-order valence-electron chi connectivity index (χ3n) is 8.03. The topological polar surface area (TPSA) is 43.9 Å². The van der Waals surface area contributed by atoms with E-state index in [9.17, 15) is 0 Å². The molecule has 3 aromatic heterocycles. The minimum Gasteiger partial charge on any atom is -0.455 e. The Balaban J connectivity index is 1.43. The van der Waals surface area contributed by atoms with Crippen molar-refractivity contribution in [1.29, 1.82) is 0 Å². The van der Waals surface area contributed by atoms with Gasteiger partial charge in [-0.3, -0.25) is 9.55 Å². The fourth-order valence-electron chi connectivity index (χ4n) is 6.21. The lowest BCUT2D eigenvalue weighted by molar-refractivity contribution is 0.673. The highest BCUT2D eigenvalue weighted by atomic mass is 16.3. The van der Waals surface area contributed by atoms with Crippen LogP contribution in [-0.2, 0) is 0 Å². The molecule has 0 aliphatic heterocycles. The van der Waals surface area contributed by atoms with E-state index in [0.717, 1.165) is 66.3 Å². The number of hydrogen-bond donors (Lipinski definition) is 0. The van der Waals surface area contributed by atoms with Gasteiger partial charge in [0.15, 0.2) is 0 Å². The molecule has 0 atom stereocenters. The molecule has 9 rings (SSSR count). The molecule has 0 saturated carbocycles. The average molecular weight is 512 g/mol. The van der Waals surface area contributed by atoms with Crippen LogP contribution in [0.2, 0.25) is 0 Å². The summed E-state index contributed by atoms with van der Waals surface area (Å²) in [5.41, 5.74) is 6.54. The average Bonchev–Trinajstić information content (AvgIpc) is 3.60. The van der Waals surface area contributed by atoms with Crippen LogP contribution in [0.5, 0.6) is 0 Å². The number of nitrogens with zero attached hydrogens (tertiary/aromatic N) is 3. The zero-order valence-corrected chi connectivity index (χ0v) is 21.4. The number of furan rings is 1. The van der Waals surface area contributed by atoms with Gasteiger partial charge < -0.3 is 4.42 Å². The lowest BCUT2D eigenvalue weighted by atomic mass is 9.99. The summed E-state index contributed by atoms with van der Waals surface area (Å²) in [5, 5.41) is 7.93. The number of fused-ring (bicyclic) bond motifs is 10. The Labute approximate surface area is 228 Å². The number of hydrogen-bond acceptors (Lipinski definition) is 3. The van der Waals surface area contributed by atoms with Crippen LogP contribution in [0.1, 0.15) is 0 Å². The van der Waals surface area contributed by atoms with Gasteiger partial charge in [-0.1, -0.05) is 91.0 Å². The van der Waals surface area contributed by atoms with Gasteiger partial charge in [0.2, 0.25) is 0 Å². The summed E-state index contributed by atoms with van der Waals surface area (Å²) >= 11 is 0. The molecule has 6 aromatic carbocycles. The molecule has 0 unspecified atom stereocenters. The van der Waals surface area contributed by atoms with Crippen molar-refractivity contribution in [2.24, 2.45) is 0 Å². The smallest absolute Gasteiger partial charge is 0.149 e. The molecule has 0 bridgehead atoms. The standard InChI is InChI=1S/C36H21N3O/c1-2-10-24(11-3-1)39-31-21-37-30-16-7-6-13-28(30)33(31)38-36(39)29-15-8-14-26-27-20-19-23-18-17-22-9-4-5-12-25(22)32(23)35(27)40-34(26)29/h1-21H. The van der Waals surface area contributed by atoms with Crippen molar-refractivity contribution >= 4 is 65.4 Å². The first-order valence-electron chi connectivity index (χ1n) is 13.4.